The Morgan fingerprint density at radius 3 is 2.47 bits per heavy atom. The molecule has 0 aromatic carbocycles. The molecule has 15 heavy (non-hydrogen) atoms. The lowest BCUT2D eigenvalue weighted by Crippen LogP contribution is -2.42. The Labute approximate surface area is 97.3 Å². The molecule has 0 amide bonds. The molecule has 2 aliphatic rings. The zero-order chi connectivity index (χ0) is 10.9. The van der Waals surface area contributed by atoms with Crippen molar-refractivity contribution in [2.75, 3.05) is 5.75 Å². The summed E-state index contributed by atoms with van der Waals surface area (Å²) in [5, 5.41) is 4.78. The summed E-state index contributed by atoms with van der Waals surface area (Å²) in [5.74, 6) is 1.17. The van der Waals surface area contributed by atoms with Crippen LogP contribution in [0.2, 0.25) is 0 Å². The smallest absolute Gasteiger partial charge is 0.157 e. The third kappa shape index (κ3) is 2.17. The van der Waals surface area contributed by atoms with Gasteiger partial charge in [-0.15, -0.1) is 0 Å². The quantitative estimate of drug-likeness (QED) is 0.799. The van der Waals surface area contributed by atoms with Gasteiger partial charge in [0, 0.05) is 11.3 Å². The number of hydrogen-bond acceptors (Lipinski definition) is 2. The summed E-state index contributed by atoms with van der Waals surface area (Å²) in [6, 6.07) is 0. The minimum Gasteiger partial charge on any atom is -0.359 e. The van der Waals surface area contributed by atoms with Crippen molar-refractivity contribution in [1.29, 1.82) is 0 Å². The number of amidine groups is 1. The summed E-state index contributed by atoms with van der Waals surface area (Å²) in [6.45, 7) is 6.80. The van der Waals surface area contributed by atoms with Crippen LogP contribution in [0.1, 0.15) is 52.9 Å². The number of aliphatic imine (C=N–C) groups is 1. The largest absolute Gasteiger partial charge is 0.359 e. The summed E-state index contributed by atoms with van der Waals surface area (Å²) in [7, 11) is 0. The Hall–Kier alpha value is -0.180. The monoisotopic (exact) mass is 226 g/mol. The van der Waals surface area contributed by atoms with Crippen molar-refractivity contribution in [1.82, 2.24) is 5.32 Å². The van der Waals surface area contributed by atoms with E-state index < -0.39 is 0 Å². The van der Waals surface area contributed by atoms with Crippen molar-refractivity contribution < 1.29 is 0 Å². The van der Waals surface area contributed by atoms with Crippen molar-refractivity contribution in [2.24, 2.45) is 4.99 Å². The van der Waals surface area contributed by atoms with E-state index in [9.17, 15) is 0 Å². The first-order valence-corrected chi connectivity index (χ1v) is 7.11. The van der Waals surface area contributed by atoms with Gasteiger partial charge in [-0.3, -0.25) is 4.99 Å². The van der Waals surface area contributed by atoms with Crippen LogP contribution < -0.4 is 5.32 Å². The van der Waals surface area contributed by atoms with Gasteiger partial charge < -0.3 is 5.32 Å². The first-order valence-electron chi connectivity index (χ1n) is 6.12. The van der Waals surface area contributed by atoms with Gasteiger partial charge in [-0.2, -0.15) is 0 Å². The zero-order valence-corrected chi connectivity index (χ0v) is 10.9. The third-order valence-corrected chi connectivity index (χ3v) is 5.25. The Morgan fingerprint density at radius 1 is 1.33 bits per heavy atom. The second kappa shape index (κ2) is 4.00. The van der Waals surface area contributed by atoms with E-state index in [1.54, 1.807) is 0 Å². The van der Waals surface area contributed by atoms with Crippen LogP contribution in [-0.2, 0) is 0 Å². The van der Waals surface area contributed by atoms with Crippen molar-refractivity contribution >= 4 is 16.9 Å². The fourth-order valence-electron chi connectivity index (χ4n) is 2.15. The molecule has 1 saturated carbocycles. The van der Waals surface area contributed by atoms with Crippen LogP contribution in [-0.4, -0.2) is 22.0 Å². The highest BCUT2D eigenvalue weighted by atomic mass is 32.2. The highest BCUT2D eigenvalue weighted by molar-refractivity contribution is 8.14. The Balaban J connectivity index is 2.03. The maximum absolute atomic E-state index is 4.94. The van der Waals surface area contributed by atoms with Gasteiger partial charge in [0.15, 0.2) is 5.17 Å². The van der Waals surface area contributed by atoms with E-state index in [1.165, 1.54) is 43.0 Å². The molecular formula is C12H22N2S. The van der Waals surface area contributed by atoms with Crippen molar-refractivity contribution in [2.45, 2.75) is 64.0 Å². The van der Waals surface area contributed by atoms with Gasteiger partial charge in [0.05, 0.1) is 5.54 Å². The molecule has 3 heteroatoms. The predicted octanol–water partition coefficient (Wildman–Crippen LogP) is 3.18. The zero-order valence-electron chi connectivity index (χ0n) is 10.1. The third-order valence-electron chi connectivity index (χ3n) is 4.00. The van der Waals surface area contributed by atoms with Crippen LogP contribution in [0.4, 0.5) is 0 Å². The van der Waals surface area contributed by atoms with E-state index in [-0.39, 0.29) is 5.54 Å². The number of nitrogens with zero attached hydrogens (tertiary/aromatic N) is 1. The Kier molecular flexibility index (Phi) is 3.02. The molecule has 0 aromatic heterocycles. The average Bonchev–Trinajstić information content (AvgIpc) is 2.55. The molecule has 0 aromatic rings. The van der Waals surface area contributed by atoms with Gasteiger partial charge in [0.1, 0.15) is 0 Å². The highest BCUT2D eigenvalue weighted by Gasteiger charge is 2.38. The molecule has 2 fully saturated rings. The van der Waals surface area contributed by atoms with E-state index >= 15 is 0 Å². The first kappa shape index (κ1) is 11.3. The molecule has 0 bridgehead atoms. The van der Waals surface area contributed by atoms with Crippen molar-refractivity contribution in [3.8, 4) is 0 Å². The van der Waals surface area contributed by atoms with Gasteiger partial charge in [-0.1, -0.05) is 25.6 Å². The van der Waals surface area contributed by atoms with Crippen molar-refractivity contribution in [3.63, 3.8) is 0 Å². The molecule has 1 unspecified atom stereocenters. The lowest BCUT2D eigenvalue weighted by Gasteiger charge is -2.37. The molecule has 1 saturated heterocycles. The standard InChI is InChI=1S/C12H22N2S/c1-4-11(3)9-15-10(13-11)14-12(5-2)7-6-8-12/h4-9H2,1-3H3,(H,13,14). The van der Waals surface area contributed by atoms with Crippen LogP contribution in [0.15, 0.2) is 4.99 Å². The SMILES string of the molecule is CCC1(N=C2NC(C)(CC)CS2)CCC1. The highest BCUT2D eigenvalue weighted by Crippen LogP contribution is 2.40. The summed E-state index contributed by atoms with van der Waals surface area (Å²) in [5.41, 5.74) is 0.580. The molecule has 86 valence electrons. The van der Waals surface area contributed by atoms with Crippen LogP contribution in [0.25, 0.3) is 0 Å². The molecule has 1 aliphatic carbocycles. The lowest BCUT2D eigenvalue weighted by molar-refractivity contribution is 0.243. The summed E-state index contributed by atoms with van der Waals surface area (Å²) >= 11 is 1.90. The lowest BCUT2D eigenvalue weighted by atomic mass is 9.75. The second-order valence-corrected chi connectivity index (χ2v) is 6.14. The van der Waals surface area contributed by atoms with Gasteiger partial charge in [0.2, 0.25) is 0 Å². The average molecular weight is 226 g/mol. The van der Waals surface area contributed by atoms with Gasteiger partial charge in [-0.25, -0.2) is 0 Å². The number of rotatable bonds is 3. The molecule has 1 atom stereocenters. The molecule has 2 nitrogen and oxygen atoms in total. The van der Waals surface area contributed by atoms with E-state index in [4.69, 9.17) is 4.99 Å². The molecule has 1 N–H and O–H groups in total. The van der Waals surface area contributed by atoms with E-state index in [2.05, 4.69) is 26.1 Å². The van der Waals surface area contributed by atoms with Crippen LogP contribution in [0.3, 0.4) is 0 Å². The van der Waals surface area contributed by atoms with E-state index in [0.29, 0.717) is 5.54 Å². The fourth-order valence-corrected chi connectivity index (χ4v) is 3.46. The van der Waals surface area contributed by atoms with Gasteiger partial charge >= 0.3 is 0 Å². The van der Waals surface area contributed by atoms with Gasteiger partial charge in [0.25, 0.3) is 0 Å². The molecule has 1 heterocycles. The predicted molar refractivity (Wildman–Crippen MR) is 68.6 cm³/mol. The fraction of sp³-hybridized carbons (Fsp3) is 0.917. The summed E-state index contributed by atoms with van der Waals surface area (Å²) in [6.07, 6.45) is 6.32. The van der Waals surface area contributed by atoms with Crippen LogP contribution in [0, 0.1) is 0 Å². The maximum atomic E-state index is 4.94. The number of thioether (sulfide) groups is 1. The van der Waals surface area contributed by atoms with Crippen molar-refractivity contribution in [3.05, 3.63) is 0 Å². The van der Waals surface area contributed by atoms with E-state index in [1.807, 2.05) is 11.8 Å². The summed E-state index contributed by atoms with van der Waals surface area (Å²) < 4.78 is 0. The minimum atomic E-state index is 0.280. The molecule has 2 rings (SSSR count). The Bertz CT molecular complexity index is 265. The second-order valence-electron chi connectivity index (χ2n) is 5.18. The number of nitrogens with one attached hydrogen (secondary N) is 1. The normalized spacial score (nSPS) is 36.3. The molecular weight excluding hydrogens is 204 g/mol. The molecule has 0 radical (unpaired) electrons. The molecule has 0 spiro atoms. The minimum absolute atomic E-state index is 0.280. The Morgan fingerprint density at radius 2 is 2.07 bits per heavy atom. The maximum Gasteiger partial charge on any atom is 0.157 e. The number of hydrogen-bond donors (Lipinski definition) is 1. The topological polar surface area (TPSA) is 24.4 Å². The summed E-state index contributed by atoms with van der Waals surface area (Å²) in [4.78, 5) is 4.94. The molecule has 1 aliphatic heterocycles. The first-order chi connectivity index (χ1) is 7.11. The van der Waals surface area contributed by atoms with Gasteiger partial charge in [-0.05, 0) is 39.0 Å². The van der Waals surface area contributed by atoms with Crippen LogP contribution in [0.5, 0.6) is 0 Å². The van der Waals surface area contributed by atoms with E-state index in [0.717, 1.165) is 0 Å². The van der Waals surface area contributed by atoms with Crippen LogP contribution >= 0.6 is 11.8 Å².